The van der Waals surface area contributed by atoms with E-state index in [2.05, 4.69) is 56.0 Å². The molecule has 0 heterocycles. The minimum absolute atomic E-state index is 1.07. The Morgan fingerprint density at radius 2 is 1.80 bits per heavy atom. The van der Waals surface area contributed by atoms with Gasteiger partial charge in [-0.05, 0) is 31.9 Å². The first-order valence-corrected chi connectivity index (χ1v) is 5.20. The van der Waals surface area contributed by atoms with Gasteiger partial charge in [0.15, 0.2) is 0 Å². The summed E-state index contributed by atoms with van der Waals surface area (Å²) < 4.78 is 0. The van der Waals surface area contributed by atoms with Crippen LogP contribution in [0.3, 0.4) is 0 Å². The predicted molar refractivity (Wildman–Crippen MR) is 68.8 cm³/mol. The molecule has 0 spiro atoms. The molecule has 1 aromatic rings. The number of hydrogen-bond acceptors (Lipinski definition) is 0. The van der Waals surface area contributed by atoms with E-state index in [-0.39, 0.29) is 0 Å². The van der Waals surface area contributed by atoms with Crippen molar-refractivity contribution in [3.8, 4) is 0 Å². The van der Waals surface area contributed by atoms with Gasteiger partial charge in [-0.15, -0.1) is 0 Å². The molecule has 0 aliphatic rings. The molecule has 0 aromatic heterocycles. The molecule has 0 saturated heterocycles. The maximum atomic E-state index is 3.91. The molecule has 0 aliphatic carbocycles. The third-order valence-corrected chi connectivity index (χ3v) is 2.13. The lowest BCUT2D eigenvalue weighted by Gasteiger charge is -2.03. The van der Waals surface area contributed by atoms with Crippen molar-refractivity contribution < 1.29 is 0 Å². The number of hydrogen-bond donors (Lipinski definition) is 0. The Morgan fingerprint density at radius 1 is 1.20 bits per heavy atom. The van der Waals surface area contributed by atoms with E-state index in [1.807, 2.05) is 13.8 Å². The Kier molecular flexibility index (Phi) is 4.11. The van der Waals surface area contributed by atoms with Crippen LogP contribution < -0.4 is 0 Å². The fourth-order valence-electron chi connectivity index (χ4n) is 1.42. The smallest absolute Gasteiger partial charge is 0.0184 e. The van der Waals surface area contributed by atoms with Crippen molar-refractivity contribution in [3.05, 3.63) is 65.8 Å². The molecule has 0 radical (unpaired) electrons. The molecule has 0 N–H and O–H groups in total. The second kappa shape index (κ2) is 5.35. The number of aryl methyl sites for hydroxylation is 1. The van der Waals surface area contributed by atoms with Crippen molar-refractivity contribution in [2.24, 2.45) is 0 Å². The Morgan fingerprint density at radius 3 is 2.27 bits per heavy atom. The molecule has 0 saturated carbocycles. The lowest BCUT2D eigenvalue weighted by molar-refractivity contribution is 1.45. The molecule has 0 unspecified atom stereocenters. The first-order chi connectivity index (χ1) is 7.13. The number of rotatable bonds is 3. The minimum Gasteiger partial charge on any atom is -0.0961 e. The summed E-state index contributed by atoms with van der Waals surface area (Å²) >= 11 is 0. The first kappa shape index (κ1) is 11.5. The van der Waals surface area contributed by atoms with Gasteiger partial charge in [0.2, 0.25) is 0 Å². The SMILES string of the molecule is C=C(C)/C=C(\C=CC)c1ccc(C)cc1. The van der Waals surface area contributed by atoms with Gasteiger partial charge in [-0.25, -0.2) is 0 Å². The van der Waals surface area contributed by atoms with Gasteiger partial charge in [0.1, 0.15) is 0 Å². The molecular formula is C15H18. The first-order valence-electron chi connectivity index (χ1n) is 5.20. The van der Waals surface area contributed by atoms with E-state index in [9.17, 15) is 0 Å². The van der Waals surface area contributed by atoms with E-state index < -0.39 is 0 Å². The molecule has 0 fully saturated rings. The van der Waals surface area contributed by atoms with Crippen LogP contribution in [-0.2, 0) is 0 Å². The molecule has 0 atom stereocenters. The highest BCUT2D eigenvalue weighted by Crippen LogP contribution is 2.18. The summed E-state index contributed by atoms with van der Waals surface area (Å²) in [6.45, 7) is 10.0. The Labute approximate surface area is 92.6 Å². The van der Waals surface area contributed by atoms with E-state index in [1.54, 1.807) is 0 Å². The van der Waals surface area contributed by atoms with Crippen molar-refractivity contribution in [1.82, 2.24) is 0 Å². The van der Waals surface area contributed by atoms with Crippen LogP contribution >= 0.6 is 0 Å². The zero-order valence-corrected chi connectivity index (χ0v) is 9.75. The van der Waals surface area contributed by atoms with Crippen molar-refractivity contribution in [2.75, 3.05) is 0 Å². The van der Waals surface area contributed by atoms with Crippen LogP contribution in [0.15, 0.2) is 54.6 Å². The summed E-state index contributed by atoms with van der Waals surface area (Å²) in [4.78, 5) is 0. The highest BCUT2D eigenvalue weighted by Gasteiger charge is 1.96. The quantitative estimate of drug-likeness (QED) is 0.626. The van der Waals surface area contributed by atoms with Gasteiger partial charge in [-0.2, -0.15) is 0 Å². The van der Waals surface area contributed by atoms with Crippen LogP contribution in [0.2, 0.25) is 0 Å². The maximum absolute atomic E-state index is 3.91. The highest BCUT2D eigenvalue weighted by atomic mass is 14.0. The van der Waals surface area contributed by atoms with Gasteiger partial charge in [0.25, 0.3) is 0 Å². The summed E-state index contributed by atoms with van der Waals surface area (Å²) in [5, 5.41) is 0. The molecule has 0 aliphatic heterocycles. The van der Waals surface area contributed by atoms with Crippen LogP contribution in [0, 0.1) is 6.92 Å². The predicted octanol–water partition coefficient (Wildman–Crippen LogP) is 4.53. The van der Waals surface area contributed by atoms with Crippen LogP contribution in [-0.4, -0.2) is 0 Å². The van der Waals surface area contributed by atoms with Gasteiger partial charge in [0.05, 0.1) is 0 Å². The second-order valence-corrected chi connectivity index (χ2v) is 3.81. The standard InChI is InChI=1S/C15H18/c1-5-6-15(11-12(2)3)14-9-7-13(4)8-10-14/h5-11H,2H2,1,3-4H3/b6-5?,15-11+. The monoisotopic (exact) mass is 198 g/mol. The Bertz CT molecular complexity index is 389. The Balaban J connectivity index is 3.10. The van der Waals surface area contributed by atoms with Gasteiger partial charge in [-0.3, -0.25) is 0 Å². The van der Waals surface area contributed by atoms with Crippen molar-refractivity contribution in [2.45, 2.75) is 20.8 Å². The minimum atomic E-state index is 1.07. The maximum Gasteiger partial charge on any atom is -0.0184 e. The molecule has 0 nitrogen and oxygen atoms in total. The molecular weight excluding hydrogens is 180 g/mol. The fourth-order valence-corrected chi connectivity index (χ4v) is 1.42. The third-order valence-electron chi connectivity index (χ3n) is 2.13. The fraction of sp³-hybridized carbons (Fsp3) is 0.200. The molecule has 78 valence electrons. The molecule has 1 aromatic carbocycles. The van der Waals surface area contributed by atoms with Gasteiger partial charge < -0.3 is 0 Å². The largest absolute Gasteiger partial charge is 0.0961 e. The molecule has 0 bridgehead atoms. The van der Waals surface area contributed by atoms with Gasteiger partial charge in [0, 0.05) is 0 Å². The van der Waals surface area contributed by atoms with E-state index >= 15 is 0 Å². The summed E-state index contributed by atoms with van der Waals surface area (Å²) in [5.74, 6) is 0. The van der Waals surface area contributed by atoms with Crippen LogP contribution in [0.25, 0.3) is 5.57 Å². The lowest BCUT2D eigenvalue weighted by Crippen LogP contribution is -1.82. The van der Waals surface area contributed by atoms with Crippen molar-refractivity contribution in [1.29, 1.82) is 0 Å². The van der Waals surface area contributed by atoms with E-state index in [4.69, 9.17) is 0 Å². The van der Waals surface area contributed by atoms with Crippen molar-refractivity contribution in [3.63, 3.8) is 0 Å². The summed E-state index contributed by atoms with van der Waals surface area (Å²) in [6.07, 6.45) is 6.26. The van der Waals surface area contributed by atoms with Crippen LogP contribution in [0.5, 0.6) is 0 Å². The summed E-state index contributed by atoms with van der Waals surface area (Å²) in [5.41, 5.74) is 4.81. The van der Waals surface area contributed by atoms with Crippen LogP contribution in [0.4, 0.5) is 0 Å². The molecule has 0 heteroatoms. The average Bonchev–Trinajstić information content (AvgIpc) is 2.17. The normalized spacial score (nSPS) is 12.1. The zero-order valence-electron chi connectivity index (χ0n) is 9.75. The van der Waals surface area contributed by atoms with Crippen molar-refractivity contribution >= 4 is 5.57 Å². The third kappa shape index (κ3) is 3.59. The molecule has 1 rings (SSSR count). The van der Waals surface area contributed by atoms with E-state index in [0.29, 0.717) is 0 Å². The van der Waals surface area contributed by atoms with E-state index in [1.165, 1.54) is 16.7 Å². The van der Waals surface area contributed by atoms with Gasteiger partial charge in [-0.1, -0.05) is 60.2 Å². The molecule has 0 amide bonds. The lowest BCUT2D eigenvalue weighted by atomic mass is 10.0. The summed E-state index contributed by atoms with van der Waals surface area (Å²) in [7, 11) is 0. The second-order valence-electron chi connectivity index (χ2n) is 3.81. The zero-order chi connectivity index (χ0) is 11.3. The number of benzene rings is 1. The molecule has 15 heavy (non-hydrogen) atoms. The van der Waals surface area contributed by atoms with E-state index in [0.717, 1.165) is 5.57 Å². The van der Waals surface area contributed by atoms with Gasteiger partial charge >= 0.3 is 0 Å². The summed E-state index contributed by atoms with van der Waals surface area (Å²) in [6, 6.07) is 8.55. The highest BCUT2D eigenvalue weighted by molar-refractivity contribution is 5.75. The topological polar surface area (TPSA) is 0 Å². The average molecular weight is 198 g/mol. The number of allylic oxidation sites excluding steroid dienone is 5. The Hall–Kier alpha value is -1.56. The van der Waals surface area contributed by atoms with Crippen LogP contribution in [0.1, 0.15) is 25.0 Å².